The zero-order valence-corrected chi connectivity index (χ0v) is 24.2. The van der Waals surface area contributed by atoms with Gasteiger partial charge in [-0.15, -0.1) is 0 Å². The number of aromatic nitrogens is 7. The summed E-state index contributed by atoms with van der Waals surface area (Å²) in [7, 11) is 1.43. The maximum absolute atomic E-state index is 13.7. The molecule has 0 bridgehead atoms. The fourth-order valence-corrected chi connectivity index (χ4v) is 5.06. The van der Waals surface area contributed by atoms with E-state index in [0.29, 0.717) is 43.0 Å². The second-order valence-corrected chi connectivity index (χ2v) is 10.3. The highest BCUT2D eigenvalue weighted by atomic mass is 35.5. The second-order valence-electron chi connectivity index (χ2n) is 9.88. The molecule has 0 radical (unpaired) electrons. The van der Waals surface area contributed by atoms with E-state index in [1.54, 1.807) is 12.1 Å². The number of rotatable bonds is 9. The second kappa shape index (κ2) is 13.5. The molecule has 0 aromatic carbocycles. The zero-order chi connectivity index (χ0) is 32.1. The first-order chi connectivity index (χ1) is 21.5. The van der Waals surface area contributed by atoms with Crippen molar-refractivity contribution >= 4 is 29.5 Å². The molecule has 1 saturated carbocycles. The van der Waals surface area contributed by atoms with E-state index in [0.717, 1.165) is 0 Å². The number of hydrogen-bond donors (Lipinski definition) is 2. The summed E-state index contributed by atoms with van der Waals surface area (Å²) in [5, 5.41) is 9.21. The minimum absolute atomic E-state index is 0.0401. The molecule has 1 amide bonds. The standard InChI is InChI=1S/C27H25ClF5N9O3/c1-44-25-36-9-15(10-37-25)14-6-7-34-21(8-14)42(26(43)45-13-20(29)30)17-4-2-16(3-5-17)39-24-35-11-18(27(31,32)33)22(40-24)23-19(28)12-38-41-23/h6-12,16-17,20H,2-5,13H2,1H3,(H,38,41)(H,35,39,40)/t16-,17-. The molecular formula is C27H25ClF5N9O3. The van der Waals surface area contributed by atoms with Gasteiger partial charge in [0.25, 0.3) is 6.43 Å². The molecule has 4 heterocycles. The lowest BCUT2D eigenvalue weighted by Crippen LogP contribution is -2.45. The van der Waals surface area contributed by atoms with Crippen molar-refractivity contribution in [2.24, 2.45) is 0 Å². The normalized spacial score (nSPS) is 16.8. The van der Waals surface area contributed by atoms with Crippen molar-refractivity contribution in [3.05, 3.63) is 53.7 Å². The van der Waals surface area contributed by atoms with Crippen LogP contribution in [0, 0.1) is 0 Å². The molecule has 238 valence electrons. The predicted molar refractivity (Wildman–Crippen MR) is 151 cm³/mol. The number of methoxy groups -OCH3 is 1. The smallest absolute Gasteiger partial charge is 0.420 e. The topological polar surface area (TPSA) is 144 Å². The first kappa shape index (κ1) is 31.7. The Morgan fingerprint density at radius 3 is 2.44 bits per heavy atom. The molecule has 0 aliphatic heterocycles. The third-order valence-electron chi connectivity index (χ3n) is 6.97. The number of anilines is 2. The summed E-state index contributed by atoms with van der Waals surface area (Å²) in [6.45, 7) is -1.09. The molecule has 12 nitrogen and oxygen atoms in total. The Morgan fingerprint density at radius 2 is 1.82 bits per heavy atom. The number of H-pyrrole nitrogens is 1. The third-order valence-corrected chi connectivity index (χ3v) is 7.26. The van der Waals surface area contributed by atoms with E-state index < -0.39 is 42.6 Å². The number of carbonyl (C=O) groups excluding carboxylic acids is 1. The van der Waals surface area contributed by atoms with Crippen LogP contribution in [0.4, 0.5) is 38.5 Å². The molecule has 4 aromatic rings. The quantitative estimate of drug-likeness (QED) is 0.205. The van der Waals surface area contributed by atoms with Crippen LogP contribution in [0.15, 0.2) is 43.1 Å². The van der Waals surface area contributed by atoms with E-state index >= 15 is 0 Å². The van der Waals surface area contributed by atoms with Crippen LogP contribution in [0.3, 0.4) is 0 Å². The summed E-state index contributed by atoms with van der Waals surface area (Å²) in [5.74, 6) is 0.107. The van der Waals surface area contributed by atoms with Crippen molar-refractivity contribution in [2.45, 2.75) is 50.4 Å². The van der Waals surface area contributed by atoms with Gasteiger partial charge >= 0.3 is 18.3 Å². The summed E-state index contributed by atoms with van der Waals surface area (Å²) in [6.07, 6.45) is -0.596. The molecule has 2 N–H and O–H groups in total. The lowest BCUT2D eigenvalue weighted by molar-refractivity contribution is -0.137. The molecule has 18 heteroatoms. The summed E-state index contributed by atoms with van der Waals surface area (Å²) < 4.78 is 76.6. The van der Waals surface area contributed by atoms with Gasteiger partial charge in [-0.1, -0.05) is 11.6 Å². The molecule has 5 rings (SSSR count). The zero-order valence-electron chi connectivity index (χ0n) is 23.4. The van der Waals surface area contributed by atoms with Gasteiger partial charge in [-0.2, -0.15) is 18.3 Å². The Bertz CT molecular complexity index is 1620. The minimum Gasteiger partial charge on any atom is -0.467 e. The van der Waals surface area contributed by atoms with Crippen molar-refractivity contribution < 1.29 is 36.2 Å². The van der Waals surface area contributed by atoms with Crippen molar-refractivity contribution in [1.82, 2.24) is 35.1 Å². The number of aromatic amines is 1. The van der Waals surface area contributed by atoms with Gasteiger partial charge in [0.2, 0.25) is 5.95 Å². The van der Waals surface area contributed by atoms with E-state index in [1.165, 1.54) is 36.8 Å². The Hall–Kier alpha value is -4.67. The first-order valence-corrected chi connectivity index (χ1v) is 13.9. The fourth-order valence-electron chi connectivity index (χ4n) is 4.88. The maximum atomic E-state index is 13.7. The van der Waals surface area contributed by atoms with Gasteiger partial charge in [0, 0.05) is 48.6 Å². The van der Waals surface area contributed by atoms with Gasteiger partial charge in [0.15, 0.2) is 6.61 Å². The summed E-state index contributed by atoms with van der Waals surface area (Å²) in [4.78, 5) is 34.7. The molecule has 1 aliphatic carbocycles. The average Bonchev–Trinajstić information content (AvgIpc) is 3.46. The van der Waals surface area contributed by atoms with E-state index in [-0.39, 0.29) is 34.5 Å². The highest BCUT2D eigenvalue weighted by molar-refractivity contribution is 6.32. The van der Waals surface area contributed by atoms with Crippen molar-refractivity contribution in [1.29, 1.82) is 0 Å². The van der Waals surface area contributed by atoms with Gasteiger partial charge in [0.05, 0.1) is 12.1 Å². The molecule has 1 fully saturated rings. The number of hydrogen-bond acceptors (Lipinski definition) is 10. The van der Waals surface area contributed by atoms with E-state index in [4.69, 9.17) is 21.1 Å². The lowest BCUT2D eigenvalue weighted by atomic mass is 9.90. The van der Waals surface area contributed by atoms with Crippen molar-refractivity contribution in [2.75, 3.05) is 23.9 Å². The minimum atomic E-state index is -4.75. The summed E-state index contributed by atoms with van der Waals surface area (Å²) in [6, 6.07) is 2.66. The van der Waals surface area contributed by atoms with Crippen LogP contribution >= 0.6 is 11.6 Å². The summed E-state index contributed by atoms with van der Waals surface area (Å²) >= 11 is 6.02. The highest BCUT2D eigenvalue weighted by Crippen LogP contribution is 2.38. The maximum Gasteiger partial charge on any atom is 0.420 e. The van der Waals surface area contributed by atoms with Crippen LogP contribution in [0.25, 0.3) is 22.5 Å². The van der Waals surface area contributed by atoms with E-state index in [1.807, 2.05) is 0 Å². The first-order valence-electron chi connectivity index (χ1n) is 13.5. The Labute approximate surface area is 257 Å². The molecule has 0 unspecified atom stereocenters. The number of ether oxygens (including phenoxy) is 2. The van der Waals surface area contributed by atoms with Gasteiger partial charge in [-0.25, -0.2) is 38.5 Å². The lowest BCUT2D eigenvalue weighted by Gasteiger charge is -2.36. The summed E-state index contributed by atoms with van der Waals surface area (Å²) in [5.41, 5.74) is -0.551. The number of carbonyl (C=O) groups is 1. The largest absolute Gasteiger partial charge is 0.467 e. The number of alkyl halides is 5. The molecular weight excluding hydrogens is 629 g/mol. The number of nitrogens with one attached hydrogen (secondary N) is 2. The SMILES string of the molecule is COc1ncc(-c2ccnc(N(C(=O)OCC(F)F)[C@H]3CC[C@H](Nc4ncc(C(F)(F)F)c(-c5n[nH]cc5Cl)n4)CC3)c2)cn1. The molecule has 0 saturated heterocycles. The fraction of sp³-hybridized carbons (Fsp3) is 0.370. The molecule has 0 atom stereocenters. The average molecular weight is 654 g/mol. The number of halogens is 6. The van der Waals surface area contributed by atoms with Crippen LogP contribution in [-0.2, 0) is 10.9 Å². The Morgan fingerprint density at radius 1 is 1.09 bits per heavy atom. The predicted octanol–water partition coefficient (Wildman–Crippen LogP) is 6.03. The van der Waals surface area contributed by atoms with Gasteiger partial charge < -0.3 is 14.8 Å². The highest BCUT2D eigenvalue weighted by Gasteiger charge is 2.37. The molecule has 0 spiro atoms. The van der Waals surface area contributed by atoms with Gasteiger partial charge in [-0.05, 0) is 43.4 Å². The molecule has 4 aromatic heterocycles. The van der Waals surface area contributed by atoms with Crippen LogP contribution in [0.5, 0.6) is 6.01 Å². The van der Waals surface area contributed by atoms with E-state index in [9.17, 15) is 26.7 Å². The Kier molecular flexibility index (Phi) is 9.55. The number of nitrogens with zero attached hydrogens (tertiary/aromatic N) is 7. The number of pyridine rings is 1. The van der Waals surface area contributed by atoms with Crippen LogP contribution < -0.4 is 15.0 Å². The van der Waals surface area contributed by atoms with Gasteiger partial charge in [-0.3, -0.25) is 10.00 Å². The van der Waals surface area contributed by atoms with Crippen molar-refractivity contribution in [3.63, 3.8) is 0 Å². The molecule has 1 aliphatic rings. The van der Waals surface area contributed by atoms with Gasteiger partial charge in [0.1, 0.15) is 22.8 Å². The molecule has 45 heavy (non-hydrogen) atoms. The van der Waals surface area contributed by atoms with E-state index in [2.05, 4.69) is 40.4 Å². The third kappa shape index (κ3) is 7.53. The Balaban J connectivity index is 1.34. The van der Waals surface area contributed by atoms with Crippen LogP contribution in [-0.4, -0.2) is 73.4 Å². The van der Waals surface area contributed by atoms with Crippen LogP contribution in [0.1, 0.15) is 31.2 Å². The van der Waals surface area contributed by atoms with Crippen molar-refractivity contribution in [3.8, 4) is 28.5 Å². The monoisotopic (exact) mass is 653 g/mol. The number of amides is 1. The van der Waals surface area contributed by atoms with Crippen LogP contribution in [0.2, 0.25) is 5.02 Å².